The Morgan fingerprint density at radius 1 is 0.793 bits per heavy atom. The number of hydrogen-bond acceptors (Lipinski definition) is 8. The zero-order valence-corrected chi connectivity index (χ0v) is 17.6. The van der Waals surface area contributed by atoms with Gasteiger partial charge in [-0.2, -0.15) is 4.98 Å². The van der Waals surface area contributed by atoms with Crippen LogP contribution in [0.3, 0.4) is 0 Å². The first-order valence-corrected chi connectivity index (χ1v) is 9.48. The number of pyridine rings is 2. The van der Waals surface area contributed by atoms with E-state index < -0.39 is 0 Å². The highest BCUT2D eigenvalue weighted by Crippen LogP contribution is 2.17. The lowest BCUT2D eigenvalue weighted by Gasteiger charge is -2.14. The second kappa shape index (κ2) is 9.18. The topological polar surface area (TPSA) is 82.1 Å². The molecule has 0 unspecified atom stereocenters. The van der Waals surface area contributed by atoms with Gasteiger partial charge in [-0.3, -0.25) is 0 Å². The van der Waals surface area contributed by atoms with Gasteiger partial charge in [0.2, 0.25) is 5.95 Å². The molecule has 0 radical (unpaired) electrons. The molecule has 8 nitrogen and oxygen atoms in total. The lowest BCUT2D eigenvalue weighted by molar-refractivity contribution is 1.00. The van der Waals surface area contributed by atoms with Crippen LogP contribution in [0.5, 0.6) is 0 Å². The molecule has 0 aliphatic rings. The van der Waals surface area contributed by atoms with E-state index in [1.807, 2.05) is 81.7 Å². The van der Waals surface area contributed by atoms with Gasteiger partial charge in [0.25, 0.3) is 0 Å². The molecule has 0 amide bonds. The smallest absolute Gasteiger partial charge is 0.224 e. The average molecular weight is 393 g/mol. The molecule has 3 rings (SSSR count). The summed E-state index contributed by atoms with van der Waals surface area (Å²) < 4.78 is 0. The summed E-state index contributed by atoms with van der Waals surface area (Å²) in [4.78, 5) is 21.7. The summed E-state index contributed by atoms with van der Waals surface area (Å²) in [5, 5.41) is 6.70. The average Bonchev–Trinajstić information content (AvgIpc) is 2.72. The maximum absolute atomic E-state index is 4.63. The van der Waals surface area contributed by atoms with Crippen molar-refractivity contribution in [3.05, 3.63) is 59.5 Å². The van der Waals surface area contributed by atoms with Gasteiger partial charge < -0.3 is 20.4 Å². The normalized spacial score (nSPS) is 10.5. The van der Waals surface area contributed by atoms with Crippen LogP contribution in [0.25, 0.3) is 0 Å². The van der Waals surface area contributed by atoms with Crippen molar-refractivity contribution in [3.8, 4) is 0 Å². The minimum Gasteiger partial charge on any atom is -0.366 e. The third kappa shape index (κ3) is 5.54. The molecule has 3 heterocycles. The first-order chi connectivity index (χ1) is 13.9. The second-order valence-electron chi connectivity index (χ2n) is 7.27. The van der Waals surface area contributed by atoms with Crippen molar-refractivity contribution < 1.29 is 0 Å². The van der Waals surface area contributed by atoms with Crippen LogP contribution in [0.2, 0.25) is 0 Å². The summed E-state index contributed by atoms with van der Waals surface area (Å²) in [7, 11) is 7.92. The van der Waals surface area contributed by atoms with Gasteiger partial charge in [-0.15, -0.1) is 0 Å². The number of nitrogens with zero attached hydrogens (tertiary/aromatic N) is 6. The van der Waals surface area contributed by atoms with Crippen LogP contribution in [-0.4, -0.2) is 48.1 Å². The van der Waals surface area contributed by atoms with Gasteiger partial charge in [0, 0.05) is 65.4 Å². The van der Waals surface area contributed by atoms with Crippen LogP contribution in [-0.2, 0) is 13.1 Å². The fourth-order valence-electron chi connectivity index (χ4n) is 2.70. The van der Waals surface area contributed by atoms with Crippen molar-refractivity contribution in [3.63, 3.8) is 0 Å². The zero-order valence-electron chi connectivity index (χ0n) is 17.6. The summed E-state index contributed by atoms with van der Waals surface area (Å²) in [6.07, 6.45) is 5.46. The molecule has 0 bridgehead atoms. The minimum absolute atomic E-state index is 0.588. The highest BCUT2D eigenvalue weighted by atomic mass is 15.2. The zero-order chi connectivity index (χ0) is 20.8. The number of nitrogens with one attached hydrogen (secondary N) is 2. The summed E-state index contributed by atoms with van der Waals surface area (Å²) in [6, 6.07) is 8.10. The fourth-order valence-corrected chi connectivity index (χ4v) is 2.70. The summed E-state index contributed by atoms with van der Waals surface area (Å²) in [5.41, 5.74) is 3.26. The Morgan fingerprint density at radius 3 is 1.90 bits per heavy atom. The maximum Gasteiger partial charge on any atom is 0.224 e. The van der Waals surface area contributed by atoms with E-state index in [1.165, 1.54) is 0 Å². The van der Waals surface area contributed by atoms with Crippen LogP contribution < -0.4 is 20.4 Å². The Morgan fingerprint density at radius 2 is 1.34 bits per heavy atom. The molecule has 0 aromatic carbocycles. The van der Waals surface area contributed by atoms with E-state index in [9.17, 15) is 0 Å². The van der Waals surface area contributed by atoms with Crippen molar-refractivity contribution in [2.24, 2.45) is 0 Å². The first-order valence-electron chi connectivity index (χ1n) is 9.48. The molecule has 0 saturated heterocycles. The number of hydrogen-bond donors (Lipinski definition) is 2. The molecule has 0 fully saturated rings. The van der Waals surface area contributed by atoms with Gasteiger partial charge in [-0.25, -0.2) is 15.0 Å². The van der Waals surface area contributed by atoms with Crippen molar-refractivity contribution in [2.45, 2.75) is 20.0 Å². The van der Waals surface area contributed by atoms with E-state index in [2.05, 4.69) is 36.6 Å². The molecule has 0 aliphatic carbocycles. The SMILES string of the molecule is Cc1cnc(NCc2ccnc(N(C)C)c2)nc1NCc1ccnc(N(C)C)c1. The molecule has 0 aliphatic heterocycles. The van der Waals surface area contributed by atoms with Crippen LogP contribution in [0.15, 0.2) is 42.9 Å². The number of anilines is 4. The molecular formula is C21H28N8. The number of aryl methyl sites for hydroxylation is 1. The van der Waals surface area contributed by atoms with Gasteiger partial charge in [0.05, 0.1) is 0 Å². The Kier molecular flexibility index (Phi) is 6.43. The largest absolute Gasteiger partial charge is 0.366 e. The van der Waals surface area contributed by atoms with Crippen molar-refractivity contribution in [2.75, 3.05) is 48.6 Å². The molecule has 8 heteroatoms. The van der Waals surface area contributed by atoms with Crippen LogP contribution in [0, 0.1) is 6.92 Å². The lowest BCUT2D eigenvalue weighted by atomic mass is 10.2. The third-order valence-electron chi connectivity index (χ3n) is 4.42. The predicted octanol–water partition coefficient (Wildman–Crippen LogP) is 2.93. The second-order valence-corrected chi connectivity index (χ2v) is 7.27. The molecule has 0 atom stereocenters. The fraction of sp³-hybridized carbons (Fsp3) is 0.333. The summed E-state index contributed by atoms with van der Waals surface area (Å²) >= 11 is 0. The van der Waals surface area contributed by atoms with Gasteiger partial charge in [0.15, 0.2) is 0 Å². The quantitative estimate of drug-likeness (QED) is 0.606. The van der Waals surface area contributed by atoms with E-state index in [-0.39, 0.29) is 0 Å². The van der Waals surface area contributed by atoms with Gasteiger partial charge >= 0.3 is 0 Å². The minimum atomic E-state index is 0.588. The Labute approximate surface area is 172 Å². The maximum atomic E-state index is 4.63. The predicted molar refractivity (Wildman–Crippen MR) is 119 cm³/mol. The molecule has 0 saturated carbocycles. The van der Waals surface area contributed by atoms with Gasteiger partial charge in [-0.1, -0.05) is 0 Å². The molecule has 3 aromatic rings. The van der Waals surface area contributed by atoms with Crippen LogP contribution >= 0.6 is 0 Å². The molecule has 2 N–H and O–H groups in total. The lowest BCUT2D eigenvalue weighted by Crippen LogP contribution is -2.12. The van der Waals surface area contributed by atoms with Crippen molar-refractivity contribution in [1.29, 1.82) is 0 Å². The first kappa shape index (κ1) is 20.3. The van der Waals surface area contributed by atoms with Gasteiger partial charge in [-0.05, 0) is 42.3 Å². The van der Waals surface area contributed by atoms with E-state index in [4.69, 9.17) is 0 Å². The van der Waals surface area contributed by atoms with E-state index >= 15 is 0 Å². The highest BCUT2D eigenvalue weighted by Gasteiger charge is 2.06. The number of aromatic nitrogens is 4. The number of rotatable bonds is 8. The molecule has 3 aromatic heterocycles. The standard InChI is InChI=1S/C21H28N8/c1-15-12-25-21(26-14-17-7-9-23-19(11-17)29(4)5)27-20(15)24-13-16-6-8-22-18(10-16)28(2)3/h6-12H,13-14H2,1-5H3,(H2,24,25,26,27). The molecular weight excluding hydrogens is 364 g/mol. The van der Waals surface area contributed by atoms with Crippen molar-refractivity contribution >= 4 is 23.4 Å². The summed E-state index contributed by atoms with van der Waals surface area (Å²) in [5.74, 6) is 3.26. The molecule has 152 valence electrons. The highest BCUT2D eigenvalue weighted by molar-refractivity contribution is 5.48. The van der Waals surface area contributed by atoms with E-state index in [1.54, 1.807) is 0 Å². The van der Waals surface area contributed by atoms with E-state index in [0.717, 1.165) is 34.1 Å². The Bertz CT molecular complexity index is 955. The molecule has 29 heavy (non-hydrogen) atoms. The summed E-state index contributed by atoms with van der Waals surface area (Å²) in [6.45, 7) is 3.29. The van der Waals surface area contributed by atoms with Crippen LogP contribution in [0.1, 0.15) is 16.7 Å². The van der Waals surface area contributed by atoms with E-state index in [0.29, 0.717) is 19.0 Å². The Balaban J connectivity index is 1.65. The van der Waals surface area contributed by atoms with Gasteiger partial charge in [0.1, 0.15) is 17.5 Å². The Hall–Kier alpha value is -3.42. The third-order valence-corrected chi connectivity index (χ3v) is 4.42. The molecule has 0 spiro atoms. The van der Waals surface area contributed by atoms with Crippen LogP contribution in [0.4, 0.5) is 23.4 Å². The van der Waals surface area contributed by atoms with Crippen molar-refractivity contribution in [1.82, 2.24) is 19.9 Å². The monoisotopic (exact) mass is 392 g/mol.